The first-order valence-electron chi connectivity index (χ1n) is 8.46. The van der Waals surface area contributed by atoms with Gasteiger partial charge in [0.15, 0.2) is 0 Å². The molecule has 9 nitrogen and oxygen atoms in total. The molecule has 0 amide bonds. The topological polar surface area (TPSA) is 116 Å². The molecule has 0 aliphatic heterocycles. The van der Waals surface area contributed by atoms with Crippen molar-refractivity contribution >= 4 is 23.0 Å². The summed E-state index contributed by atoms with van der Waals surface area (Å²) in [4.78, 5) is 35.7. The molecule has 26 heavy (non-hydrogen) atoms. The molecule has 0 aromatic heterocycles. The first kappa shape index (κ1) is 21.3. The lowest BCUT2D eigenvalue weighted by Gasteiger charge is -2.26. The number of benzene rings is 1. The molecule has 0 N–H and O–H groups in total. The van der Waals surface area contributed by atoms with E-state index in [0.717, 1.165) is 12.1 Å². The molecule has 0 fully saturated rings. The monoisotopic (exact) mass is 367 g/mol. The van der Waals surface area contributed by atoms with E-state index in [-0.39, 0.29) is 11.3 Å². The van der Waals surface area contributed by atoms with Gasteiger partial charge >= 0.3 is 5.97 Å². The Kier molecular flexibility index (Phi) is 7.05. The fourth-order valence-corrected chi connectivity index (χ4v) is 2.55. The van der Waals surface area contributed by atoms with Crippen LogP contribution in [0.4, 0.5) is 17.1 Å². The van der Waals surface area contributed by atoms with Crippen molar-refractivity contribution in [2.45, 2.75) is 53.1 Å². The molecule has 1 rings (SSSR count). The van der Waals surface area contributed by atoms with Crippen molar-refractivity contribution in [2.24, 2.45) is 0 Å². The Morgan fingerprint density at radius 1 is 1.08 bits per heavy atom. The molecular weight excluding hydrogens is 342 g/mol. The van der Waals surface area contributed by atoms with Crippen LogP contribution in [0.2, 0.25) is 0 Å². The van der Waals surface area contributed by atoms with Gasteiger partial charge in [-0.1, -0.05) is 13.8 Å². The van der Waals surface area contributed by atoms with Crippen molar-refractivity contribution < 1.29 is 19.4 Å². The van der Waals surface area contributed by atoms with E-state index >= 15 is 0 Å². The molecule has 0 saturated carbocycles. The van der Waals surface area contributed by atoms with Crippen molar-refractivity contribution in [3.05, 3.63) is 37.9 Å². The number of nitro benzene ring substituents is 2. The van der Waals surface area contributed by atoms with Gasteiger partial charge in [-0.2, -0.15) is 0 Å². The van der Waals surface area contributed by atoms with Crippen LogP contribution in [0.15, 0.2) is 12.1 Å². The molecule has 0 atom stereocenters. The van der Waals surface area contributed by atoms with Crippen LogP contribution < -0.4 is 4.90 Å². The molecule has 0 heterocycles. The molecule has 0 unspecified atom stereocenters. The number of anilines is 1. The first-order valence-corrected chi connectivity index (χ1v) is 8.46. The van der Waals surface area contributed by atoms with Crippen molar-refractivity contribution in [2.75, 3.05) is 18.0 Å². The minimum absolute atomic E-state index is 0.0681. The zero-order valence-corrected chi connectivity index (χ0v) is 15.8. The summed E-state index contributed by atoms with van der Waals surface area (Å²) >= 11 is 0. The second-order valence-corrected chi connectivity index (χ2v) is 6.86. The maximum absolute atomic E-state index is 12.6. The second-order valence-electron chi connectivity index (χ2n) is 6.86. The van der Waals surface area contributed by atoms with Gasteiger partial charge in [-0.05, 0) is 33.6 Å². The highest BCUT2D eigenvalue weighted by Gasteiger charge is 2.32. The quantitative estimate of drug-likeness (QED) is 0.386. The summed E-state index contributed by atoms with van der Waals surface area (Å²) in [5.74, 6) is -0.823. The van der Waals surface area contributed by atoms with Gasteiger partial charge in [0.25, 0.3) is 11.4 Å². The molecule has 0 aliphatic rings. The van der Waals surface area contributed by atoms with E-state index < -0.39 is 32.8 Å². The van der Waals surface area contributed by atoms with Crippen molar-refractivity contribution in [3.63, 3.8) is 0 Å². The minimum Gasteiger partial charge on any atom is -0.456 e. The van der Waals surface area contributed by atoms with Crippen molar-refractivity contribution in [3.8, 4) is 0 Å². The van der Waals surface area contributed by atoms with E-state index in [4.69, 9.17) is 4.74 Å². The lowest BCUT2D eigenvalue weighted by molar-refractivity contribution is -0.393. The molecule has 0 spiro atoms. The van der Waals surface area contributed by atoms with E-state index in [0.29, 0.717) is 25.9 Å². The summed E-state index contributed by atoms with van der Waals surface area (Å²) in [6, 6.07) is 1.94. The van der Waals surface area contributed by atoms with Crippen LogP contribution in [0.3, 0.4) is 0 Å². The van der Waals surface area contributed by atoms with Crippen LogP contribution in [0.25, 0.3) is 0 Å². The predicted octanol–water partition coefficient (Wildman–Crippen LogP) is 4.08. The van der Waals surface area contributed by atoms with Crippen LogP contribution in [0, 0.1) is 20.2 Å². The number of carbonyl (C=O) groups excluding carboxylic acids is 1. The highest BCUT2D eigenvalue weighted by Crippen LogP contribution is 2.37. The number of rotatable bonds is 8. The molecule has 1 aromatic carbocycles. The summed E-state index contributed by atoms with van der Waals surface area (Å²) in [7, 11) is 0. The average Bonchev–Trinajstić information content (AvgIpc) is 2.51. The van der Waals surface area contributed by atoms with Gasteiger partial charge in [0.2, 0.25) is 0 Å². The standard InChI is InChI=1S/C17H25N3O6/c1-6-8-18(9-7-2)15-13(16(21)26-17(3,4)5)10-12(19(22)23)11-14(15)20(24)25/h10-11H,6-9H2,1-5H3. The number of non-ortho nitro benzene ring substituents is 1. The maximum atomic E-state index is 12.6. The predicted molar refractivity (Wildman–Crippen MR) is 97.7 cm³/mol. The average molecular weight is 367 g/mol. The lowest BCUT2D eigenvalue weighted by Crippen LogP contribution is -2.30. The molecule has 0 radical (unpaired) electrons. The van der Waals surface area contributed by atoms with Gasteiger partial charge in [0.05, 0.1) is 21.5 Å². The van der Waals surface area contributed by atoms with E-state index in [1.54, 1.807) is 25.7 Å². The first-order chi connectivity index (χ1) is 12.0. The Morgan fingerprint density at radius 2 is 1.62 bits per heavy atom. The largest absolute Gasteiger partial charge is 0.456 e. The molecular formula is C17H25N3O6. The van der Waals surface area contributed by atoms with E-state index in [9.17, 15) is 25.0 Å². The summed E-state index contributed by atoms with van der Waals surface area (Å²) in [6.45, 7) is 9.75. The number of esters is 1. The highest BCUT2D eigenvalue weighted by molar-refractivity contribution is 5.99. The third-order valence-corrected chi connectivity index (χ3v) is 3.40. The van der Waals surface area contributed by atoms with Crippen LogP contribution in [0.5, 0.6) is 0 Å². The fourth-order valence-electron chi connectivity index (χ4n) is 2.55. The van der Waals surface area contributed by atoms with Crippen LogP contribution in [-0.4, -0.2) is 34.5 Å². The summed E-state index contributed by atoms with van der Waals surface area (Å²) < 4.78 is 5.33. The number of ether oxygens (including phenoxy) is 1. The fraction of sp³-hybridized carbons (Fsp3) is 0.588. The highest BCUT2D eigenvalue weighted by atomic mass is 16.6. The summed E-state index contributed by atoms with van der Waals surface area (Å²) in [5, 5.41) is 22.8. The molecule has 0 bridgehead atoms. The molecule has 0 saturated heterocycles. The van der Waals surface area contributed by atoms with Gasteiger partial charge in [0, 0.05) is 19.2 Å². The third kappa shape index (κ3) is 5.40. The van der Waals surface area contributed by atoms with Gasteiger partial charge < -0.3 is 9.64 Å². The normalized spacial score (nSPS) is 11.1. The minimum atomic E-state index is -0.839. The molecule has 0 aliphatic carbocycles. The Hall–Kier alpha value is -2.71. The maximum Gasteiger partial charge on any atom is 0.341 e. The van der Waals surface area contributed by atoms with Gasteiger partial charge in [-0.3, -0.25) is 20.2 Å². The van der Waals surface area contributed by atoms with Crippen molar-refractivity contribution in [1.82, 2.24) is 0 Å². The lowest BCUT2D eigenvalue weighted by atomic mass is 10.1. The summed E-state index contributed by atoms with van der Waals surface area (Å²) in [6.07, 6.45) is 1.39. The van der Waals surface area contributed by atoms with E-state index in [1.165, 1.54) is 0 Å². The Balaban J connectivity index is 3.71. The Bertz CT molecular complexity index is 690. The van der Waals surface area contributed by atoms with Crippen LogP contribution >= 0.6 is 0 Å². The van der Waals surface area contributed by atoms with E-state index in [2.05, 4.69) is 0 Å². The zero-order chi connectivity index (χ0) is 20.1. The smallest absolute Gasteiger partial charge is 0.341 e. The second kappa shape index (κ2) is 8.59. The third-order valence-electron chi connectivity index (χ3n) is 3.40. The Labute approximate surface area is 152 Å². The molecule has 1 aromatic rings. The molecule has 9 heteroatoms. The number of carbonyl (C=O) groups is 1. The molecule has 144 valence electrons. The SMILES string of the molecule is CCCN(CCC)c1c(C(=O)OC(C)(C)C)cc([N+](=O)[O-])cc1[N+](=O)[O-]. The number of hydrogen-bond acceptors (Lipinski definition) is 7. The van der Waals surface area contributed by atoms with Gasteiger partial charge in [0.1, 0.15) is 11.3 Å². The van der Waals surface area contributed by atoms with Crippen LogP contribution in [-0.2, 0) is 4.74 Å². The number of nitrogens with zero attached hydrogens (tertiary/aromatic N) is 3. The van der Waals surface area contributed by atoms with Gasteiger partial charge in [-0.15, -0.1) is 0 Å². The van der Waals surface area contributed by atoms with Crippen molar-refractivity contribution in [1.29, 1.82) is 0 Å². The Morgan fingerprint density at radius 3 is 2.00 bits per heavy atom. The van der Waals surface area contributed by atoms with E-state index in [1.807, 2.05) is 13.8 Å². The number of hydrogen-bond donors (Lipinski definition) is 0. The zero-order valence-electron chi connectivity index (χ0n) is 15.8. The van der Waals surface area contributed by atoms with Gasteiger partial charge in [-0.25, -0.2) is 4.79 Å². The van der Waals surface area contributed by atoms with Crippen LogP contribution in [0.1, 0.15) is 57.8 Å². The summed E-state index contributed by atoms with van der Waals surface area (Å²) in [5.41, 5.74) is -1.92. The number of nitro groups is 2.